The molecule has 2 aromatic carbocycles. The van der Waals surface area contributed by atoms with Crippen LogP contribution in [0.15, 0.2) is 39.3 Å². The zero-order chi connectivity index (χ0) is 24.5. The van der Waals surface area contributed by atoms with Crippen molar-refractivity contribution in [2.45, 2.75) is 25.5 Å². The first-order chi connectivity index (χ1) is 15.7. The van der Waals surface area contributed by atoms with Gasteiger partial charge >= 0.3 is 13.8 Å². The Labute approximate surface area is 215 Å². The predicted molar refractivity (Wildman–Crippen MR) is 138 cm³/mol. The maximum absolute atomic E-state index is 12.8. The van der Waals surface area contributed by atoms with Crippen molar-refractivity contribution < 1.29 is 28.7 Å². The number of aromatic hydroxyl groups is 1. The van der Waals surface area contributed by atoms with Gasteiger partial charge in [-0.25, -0.2) is 4.79 Å². The Morgan fingerprint density at radius 1 is 1.21 bits per heavy atom. The molecular weight excluding hydrogens is 597 g/mol. The third kappa shape index (κ3) is 8.28. The minimum Gasteiger partial charge on any atom is -0.507 e. The van der Waals surface area contributed by atoms with Crippen molar-refractivity contribution in [3.63, 3.8) is 0 Å². The van der Waals surface area contributed by atoms with Crippen LogP contribution in [0.3, 0.4) is 0 Å². The molecule has 0 aliphatic carbocycles. The van der Waals surface area contributed by atoms with Gasteiger partial charge < -0.3 is 19.9 Å². The first kappa shape index (κ1) is 27.6. The second kappa shape index (κ2) is 13.3. The number of hydrogen-bond donors (Lipinski definition) is 2. The molecule has 0 aromatic heterocycles. The Bertz CT molecular complexity index is 1010. The molecule has 1 amide bonds. The van der Waals surface area contributed by atoms with Crippen LogP contribution in [0.2, 0.25) is 0 Å². The first-order valence-electron chi connectivity index (χ1n) is 9.99. The lowest BCUT2D eigenvalue weighted by atomic mass is 10.1. The van der Waals surface area contributed by atoms with Crippen LogP contribution in [0.1, 0.15) is 29.3 Å². The van der Waals surface area contributed by atoms with Crippen LogP contribution in [0.25, 0.3) is 0 Å². The van der Waals surface area contributed by atoms with Gasteiger partial charge in [-0.3, -0.25) is 4.79 Å². The van der Waals surface area contributed by atoms with Crippen molar-refractivity contribution in [1.82, 2.24) is 5.32 Å². The molecule has 0 heterocycles. The van der Waals surface area contributed by atoms with Crippen LogP contribution in [-0.2, 0) is 20.3 Å². The highest BCUT2D eigenvalue weighted by Crippen LogP contribution is 2.40. The van der Waals surface area contributed by atoms with E-state index >= 15 is 0 Å². The zero-order valence-corrected chi connectivity index (χ0v) is 23.3. The lowest BCUT2D eigenvalue weighted by molar-refractivity contribution is -0.145. The van der Waals surface area contributed by atoms with Gasteiger partial charge in [0.1, 0.15) is 24.2 Å². The molecule has 0 bridgehead atoms. The fourth-order valence-corrected chi connectivity index (χ4v) is 5.51. The van der Waals surface area contributed by atoms with Crippen molar-refractivity contribution in [3.8, 4) is 17.2 Å². The molecule has 178 valence electrons. The summed E-state index contributed by atoms with van der Waals surface area (Å²) in [6.45, 7) is 3.57. The number of esters is 1. The quantitative estimate of drug-likeness (QED) is 0.232. The van der Waals surface area contributed by atoms with E-state index in [1.807, 2.05) is 18.4 Å². The van der Waals surface area contributed by atoms with Crippen molar-refractivity contribution in [2.24, 2.45) is 0 Å². The van der Waals surface area contributed by atoms with Gasteiger partial charge in [0, 0.05) is 5.56 Å². The minimum atomic E-state index is -1.33. The molecule has 2 atom stereocenters. The summed E-state index contributed by atoms with van der Waals surface area (Å²) in [4.78, 5) is 25.1. The van der Waals surface area contributed by atoms with Gasteiger partial charge in [0.2, 0.25) is 0 Å². The summed E-state index contributed by atoms with van der Waals surface area (Å²) in [5.74, 6) is 0.0545. The largest absolute Gasteiger partial charge is 0.507 e. The molecule has 7 nitrogen and oxygen atoms in total. The lowest BCUT2D eigenvalue weighted by Crippen LogP contribution is -2.42. The predicted octanol–water partition coefficient (Wildman–Crippen LogP) is 6.08. The van der Waals surface area contributed by atoms with Crippen LogP contribution in [0, 0.1) is 0 Å². The summed E-state index contributed by atoms with van der Waals surface area (Å²) < 4.78 is 23.8. The fraction of sp³-hybridized carbons (Fsp3) is 0.364. The molecule has 2 aromatic rings. The molecule has 0 spiro atoms. The molecule has 2 unspecified atom stereocenters. The fourth-order valence-electron chi connectivity index (χ4n) is 2.90. The molecule has 0 aliphatic rings. The van der Waals surface area contributed by atoms with E-state index in [2.05, 4.69) is 37.2 Å². The van der Waals surface area contributed by atoms with Crippen molar-refractivity contribution in [2.75, 3.05) is 25.3 Å². The number of nitrogens with one attached hydrogen (secondary N) is 1. The van der Waals surface area contributed by atoms with Gasteiger partial charge in [0.05, 0.1) is 21.1 Å². The third-order valence-corrected chi connectivity index (χ3v) is 7.02. The summed E-state index contributed by atoms with van der Waals surface area (Å²) in [6, 6.07) is 7.09. The van der Waals surface area contributed by atoms with Gasteiger partial charge in [-0.2, -0.15) is 11.8 Å². The van der Waals surface area contributed by atoms with Crippen LogP contribution >= 0.6 is 51.4 Å². The Hall–Kier alpha value is -1.61. The number of hydrogen-bond acceptors (Lipinski definition) is 7. The highest BCUT2D eigenvalue weighted by atomic mass is 79.9. The monoisotopic (exact) mass is 620 g/mol. The number of amides is 1. The van der Waals surface area contributed by atoms with Gasteiger partial charge in [-0.05, 0) is 87.5 Å². The standard InChI is InChI=1S/C22H24Br2NO6PS/c1-4-30-22(28)18(7-8-33-3)25-21(27)15-11-14(5-6-19(15)26)31-20-16(23)9-13(10-17(20)24)12-32(2)29/h5-6,9-11,18H,4,7-8,12H2,1-3H3,(H-,25,26,27)/p+1. The summed E-state index contributed by atoms with van der Waals surface area (Å²) in [7, 11) is -1.33. The number of rotatable bonds is 11. The number of phenols is 1. The second-order valence-corrected chi connectivity index (χ2v) is 11.3. The van der Waals surface area contributed by atoms with Crippen LogP contribution < -0.4 is 10.1 Å². The Kier molecular flexibility index (Phi) is 11.2. The number of halogens is 2. The van der Waals surface area contributed by atoms with Crippen molar-refractivity contribution >= 4 is 63.3 Å². The number of ether oxygens (including phenoxy) is 2. The summed E-state index contributed by atoms with van der Waals surface area (Å²) in [6.07, 6.45) is 2.74. The first-order valence-corrected chi connectivity index (χ1v) is 14.9. The Morgan fingerprint density at radius 2 is 1.88 bits per heavy atom. The SMILES string of the molecule is CCOC(=O)C(CCSC)NC(=O)c1cc(Oc2c(Br)cc(C[P+](C)=O)cc2Br)ccc1O. The molecule has 2 rings (SSSR count). The maximum Gasteiger partial charge on any atom is 0.340 e. The van der Waals surface area contributed by atoms with Crippen LogP contribution in [0.4, 0.5) is 0 Å². The van der Waals surface area contributed by atoms with Gasteiger partial charge in [0.15, 0.2) is 11.9 Å². The van der Waals surface area contributed by atoms with Gasteiger partial charge in [-0.15, -0.1) is 0 Å². The highest BCUT2D eigenvalue weighted by Gasteiger charge is 2.24. The van der Waals surface area contributed by atoms with Gasteiger partial charge in [-0.1, -0.05) is 4.57 Å². The van der Waals surface area contributed by atoms with E-state index in [9.17, 15) is 19.3 Å². The number of carbonyl (C=O) groups is 2. The topological polar surface area (TPSA) is 102 Å². The summed E-state index contributed by atoms with van der Waals surface area (Å²) in [5, 5.41) is 12.9. The Morgan fingerprint density at radius 3 is 2.45 bits per heavy atom. The number of phenolic OH excluding ortho intramolecular Hbond substituents is 1. The number of benzene rings is 2. The van der Waals surface area contributed by atoms with Crippen molar-refractivity contribution in [3.05, 3.63) is 50.4 Å². The molecule has 0 fully saturated rings. The average Bonchev–Trinajstić information content (AvgIpc) is 2.74. The lowest BCUT2D eigenvalue weighted by Gasteiger charge is -2.18. The Balaban J connectivity index is 2.26. The normalized spacial score (nSPS) is 12.1. The molecule has 0 radical (unpaired) electrons. The van der Waals surface area contributed by atoms with E-state index < -0.39 is 25.7 Å². The average molecular weight is 622 g/mol. The second-order valence-electron chi connectivity index (χ2n) is 7.02. The van der Waals surface area contributed by atoms with E-state index in [4.69, 9.17) is 9.47 Å². The van der Waals surface area contributed by atoms with Crippen LogP contribution in [0.5, 0.6) is 17.2 Å². The van der Waals surface area contributed by atoms with E-state index in [-0.39, 0.29) is 17.9 Å². The maximum atomic E-state index is 12.8. The molecule has 0 saturated carbocycles. The summed E-state index contributed by atoms with van der Waals surface area (Å²) >= 11 is 8.47. The highest BCUT2D eigenvalue weighted by molar-refractivity contribution is 9.11. The molecule has 0 aliphatic heterocycles. The van der Waals surface area contributed by atoms with E-state index in [0.29, 0.717) is 38.8 Å². The minimum absolute atomic E-state index is 0.0298. The van der Waals surface area contributed by atoms with E-state index in [0.717, 1.165) is 5.56 Å². The molecule has 33 heavy (non-hydrogen) atoms. The molecule has 2 N–H and O–H groups in total. The number of thioether (sulfide) groups is 1. The third-order valence-electron chi connectivity index (χ3n) is 4.38. The molecule has 0 saturated heterocycles. The van der Waals surface area contributed by atoms with Gasteiger partial charge in [0.25, 0.3) is 5.91 Å². The summed E-state index contributed by atoms with van der Waals surface area (Å²) in [5.41, 5.74) is 0.850. The zero-order valence-electron chi connectivity index (χ0n) is 18.4. The van der Waals surface area contributed by atoms with E-state index in [1.54, 1.807) is 25.4 Å². The number of carbonyl (C=O) groups excluding carboxylic acids is 2. The van der Waals surface area contributed by atoms with Crippen molar-refractivity contribution in [1.29, 1.82) is 0 Å². The van der Waals surface area contributed by atoms with Crippen LogP contribution in [-0.4, -0.2) is 48.3 Å². The smallest absolute Gasteiger partial charge is 0.340 e. The molecular formula is C22H25Br2NO6PS+. The molecule has 11 heteroatoms. The van der Waals surface area contributed by atoms with E-state index in [1.165, 1.54) is 18.2 Å².